The Bertz CT molecular complexity index is 479. The molecule has 1 aromatic carbocycles. The number of nitrogens with zero attached hydrogens (tertiary/aromatic N) is 3. The van der Waals surface area contributed by atoms with Crippen molar-refractivity contribution < 1.29 is 0 Å². The average molecular weight is 216 g/mol. The molecule has 0 radical (unpaired) electrons. The van der Waals surface area contributed by atoms with Crippen LogP contribution in [0.2, 0.25) is 0 Å². The number of hydrogen-bond donors (Lipinski definition) is 1. The van der Waals surface area contributed by atoms with Gasteiger partial charge >= 0.3 is 0 Å². The number of nitrogens with one attached hydrogen (secondary N) is 1. The molecule has 5 heteroatoms. The lowest BCUT2D eigenvalue weighted by molar-refractivity contribution is 0.789. The van der Waals surface area contributed by atoms with Crippen molar-refractivity contribution >= 4 is 5.69 Å². The molecule has 1 N–H and O–H groups in total. The predicted octanol–water partition coefficient (Wildman–Crippen LogP) is 1.99. The number of hydrogen-bond acceptors (Lipinski definition) is 4. The minimum Gasteiger partial charge on any atom is -0.316 e. The SMILES string of the molecule is CNCc1cc(N=O)ccc1-n1cccn1. The highest BCUT2D eigenvalue weighted by Crippen LogP contribution is 2.20. The Morgan fingerprint density at radius 1 is 1.50 bits per heavy atom. The van der Waals surface area contributed by atoms with Crippen LogP contribution in [0.4, 0.5) is 5.69 Å². The topological polar surface area (TPSA) is 59.3 Å². The standard InChI is InChI=1S/C11H12N4O/c1-12-8-9-7-10(14-16)3-4-11(9)15-6-2-5-13-15/h2-7,12H,8H2,1H3. The molecule has 0 amide bonds. The lowest BCUT2D eigenvalue weighted by atomic mass is 10.1. The number of nitroso groups, excluding NO2 is 1. The van der Waals surface area contributed by atoms with Crippen molar-refractivity contribution in [1.82, 2.24) is 15.1 Å². The molecule has 0 bridgehead atoms. The highest BCUT2D eigenvalue weighted by Gasteiger charge is 2.05. The van der Waals surface area contributed by atoms with Gasteiger partial charge in [-0.25, -0.2) is 4.68 Å². The van der Waals surface area contributed by atoms with Crippen LogP contribution >= 0.6 is 0 Å². The smallest absolute Gasteiger partial charge is 0.108 e. The van der Waals surface area contributed by atoms with Crippen LogP contribution in [0.5, 0.6) is 0 Å². The number of rotatable bonds is 4. The fraction of sp³-hybridized carbons (Fsp3) is 0.182. The largest absolute Gasteiger partial charge is 0.316 e. The molecular weight excluding hydrogens is 204 g/mol. The van der Waals surface area contributed by atoms with E-state index in [1.54, 1.807) is 23.0 Å². The van der Waals surface area contributed by atoms with E-state index >= 15 is 0 Å². The summed E-state index contributed by atoms with van der Waals surface area (Å²) in [5.74, 6) is 0. The van der Waals surface area contributed by atoms with Crippen LogP contribution in [-0.2, 0) is 6.54 Å². The van der Waals surface area contributed by atoms with Gasteiger partial charge in [0.05, 0.1) is 5.69 Å². The molecule has 1 heterocycles. The molecule has 0 saturated carbocycles. The van der Waals surface area contributed by atoms with E-state index in [-0.39, 0.29) is 0 Å². The van der Waals surface area contributed by atoms with E-state index in [4.69, 9.17) is 0 Å². The first-order valence-electron chi connectivity index (χ1n) is 4.96. The quantitative estimate of drug-likeness (QED) is 0.795. The van der Waals surface area contributed by atoms with Gasteiger partial charge in [0.1, 0.15) is 5.69 Å². The third-order valence-corrected chi connectivity index (χ3v) is 2.29. The van der Waals surface area contributed by atoms with Crippen LogP contribution in [0.25, 0.3) is 5.69 Å². The Kier molecular flexibility index (Phi) is 3.07. The molecule has 16 heavy (non-hydrogen) atoms. The van der Waals surface area contributed by atoms with E-state index in [1.165, 1.54) is 0 Å². The Hall–Kier alpha value is -2.01. The summed E-state index contributed by atoms with van der Waals surface area (Å²) in [5.41, 5.74) is 2.37. The molecule has 0 saturated heterocycles. The molecule has 0 atom stereocenters. The molecule has 0 aliphatic rings. The molecule has 0 fully saturated rings. The van der Waals surface area contributed by atoms with Crippen molar-refractivity contribution in [2.24, 2.45) is 5.18 Å². The molecule has 2 rings (SSSR count). The summed E-state index contributed by atoms with van der Waals surface area (Å²) < 4.78 is 1.77. The minimum absolute atomic E-state index is 0.432. The minimum atomic E-state index is 0.432. The first-order chi connectivity index (χ1) is 7.85. The normalized spacial score (nSPS) is 10.3. The summed E-state index contributed by atoms with van der Waals surface area (Å²) in [5, 5.41) is 10.1. The first-order valence-corrected chi connectivity index (χ1v) is 4.96. The van der Waals surface area contributed by atoms with Crippen molar-refractivity contribution in [2.45, 2.75) is 6.54 Å². The van der Waals surface area contributed by atoms with Crippen molar-refractivity contribution in [2.75, 3.05) is 7.05 Å². The summed E-state index contributed by atoms with van der Waals surface area (Å²) in [7, 11) is 1.86. The Labute approximate surface area is 93.1 Å². The molecule has 2 aromatic rings. The second kappa shape index (κ2) is 4.67. The zero-order chi connectivity index (χ0) is 11.4. The summed E-state index contributed by atoms with van der Waals surface area (Å²) in [6, 6.07) is 7.15. The van der Waals surface area contributed by atoms with E-state index in [2.05, 4.69) is 15.6 Å². The van der Waals surface area contributed by atoms with Gasteiger partial charge in [0.25, 0.3) is 0 Å². The monoisotopic (exact) mass is 216 g/mol. The molecule has 0 spiro atoms. The molecule has 82 valence electrons. The second-order valence-electron chi connectivity index (χ2n) is 3.39. The third-order valence-electron chi connectivity index (χ3n) is 2.29. The van der Waals surface area contributed by atoms with Crippen LogP contribution in [0, 0.1) is 4.91 Å². The maximum atomic E-state index is 10.5. The summed E-state index contributed by atoms with van der Waals surface area (Å²) in [6.07, 6.45) is 3.58. The highest BCUT2D eigenvalue weighted by molar-refractivity contribution is 5.50. The van der Waals surface area contributed by atoms with Gasteiger partial charge in [0, 0.05) is 18.9 Å². The Morgan fingerprint density at radius 2 is 2.38 bits per heavy atom. The van der Waals surface area contributed by atoms with Gasteiger partial charge in [-0.2, -0.15) is 5.10 Å². The zero-order valence-electron chi connectivity index (χ0n) is 8.92. The molecule has 0 aliphatic heterocycles. The van der Waals surface area contributed by atoms with Crippen LogP contribution in [-0.4, -0.2) is 16.8 Å². The first kappa shape index (κ1) is 10.5. The Balaban J connectivity index is 2.47. The average Bonchev–Trinajstić information content (AvgIpc) is 2.83. The van der Waals surface area contributed by atoms with Gasteiger partial charge < -0.3 is 5.32 Å². The van der Waals surface area contributed by atoms with Gasteiger partial charge in [-0.1, -0.05) is 0 Å². The van der Waals surface area contributed by atoms with Crippen LogP contribution < -0.4 is 5.32 Å². The zero-order valence-corrected chi connectivity index (χ0v) is 8.92. The maximum absolute atomic E-state index is 10.5. The third kappa shape index (κ3) is 1.99. The molecular formula is C11H12N4O. The van der Waals surface area contributed by atoms with Gasteiger partial charge in [-0.3, -0.25) is 0 Å². The van der Waals surface area contributed by atoms with E-state index < -0.39 is 0 Å². The van der Waals surface area contributed by atoms with E-state index in [9.17, 15) is 4.91 Å². The fourth-order valence-corrected chi connectivity index (χ4v) is 1.60. The predicted molar refractivity (Wildman–Crippen MR) is 61.8 cm³/mol. The molecule has 5 nitrogen and oxygen atoms in total. The van der Waals surface area contributed by atoms with Gasteiger partial charge in [-0.15, -0.1) is 4.91 Å². The second-order valence-corrected chi connectivity index (χ2v) is 3.39. The molecule has 0 unspecified atom stereocenters. The van der Waals surface area contributed by atoms with Crippen LogP contribution in [0.3, 0.4) is 0 Å². The van der Waals surface area contributed by atoms with Crippen molar-refractivity contribution in [3.05, 3.63) is 47.1 Å². The van der Waals surface area contributed by atoms with E-state index in [0.29, 0.717) is 12.2 Å². The van der Waals surface area contributed by atoms with Gasteiger partial charge in [-0.05, 0) is 42.1 Å². The van der Waals surface area contributed by atoms with Crippen molar-refractivity contribution in [3.63, 3.8) is 0 Å². The lowest BCUT2D eigenvalue weighted by Gasteiger charge is -2.09. The summed E-state index contributed by atoms with van der Waals surface area (Å²) in [4.78, 5) is 10.5. The van der Waals surface area contributed by atoms with Gasteiger partial charge in [0.2, 0.25) is 0 Å². The summed E-state index contributed by atoms with van der Waals surface area (Å²) in [6.45, 7) is 0.665. The summed E-state index contributed by atoms with van der Waals surface area (Å²) >= 11 is 0. The molecule has 1 aromatic heterocycles. The van der Waals surface area contributed by atoms with Crippen molar-refractivity contribution in [3.8, 4) is 5.69 Å². The van der Waals surface area contributed by atoms with Crippen molar-refractivity contribution in [1.29, 1.82) is 0 Å². The van der Waals surface area contributed by atoms with Crippen LogP contribution in [0.1, 0.15) is 5.56 Å². The lowest BCUT2D eigenvalue weighted by Crippen LogP contribution is -2.09. The van der Waals surface area contributed by atoms with Gasteiger partial charge in [0.15, 0.2) is 0 Å². The van der Waals surface area contributed by atoms with E-state index in [0.717, 1.165) is 11.3 Å². The molecule has 0 aliphatic carbocycles. The Morgan fingerprint density at radius 3 is 3.00 bits per heavy atom. The highest BCUT2D eigenvalue weighted by atomic mass is 16.3. The van der Waals surface area contributed by atoms with Crippen LogP contribution in [0.15, 0.2) is 41.8 Å². The van der Waals surface area contributed by atoms with E-state index in [1.807, 2.05) is 25.4 Å². The number of benzene rings is 1. The maximum Gasteiger partial charge on any atom is 0.108 e. The number of aromatic nitrogens is 2. The fourth-order valence-electron chi connectivity index (χ4n) is 1.60.